The summed E-state index contributed by atoms with van der Waals surface area (Å²) in [7, 11) is 0. The van der Waals surface area contributed by atoms with Crippen LogP contribution in [-0.2, 0) is 21.2 Å². The number of benzene rings is 2. The van der Waals surface area contributed by atoms with Gasteiger partial charge < -0.3 is 15.3 Å². The molecular formula is C30H34BrF3N2O4. The van der Waals surface area contributed by atoms with Crippen molar-refractivity contribution in [1.82, 2.24) is 5.32 Å². The minimum Gasteiger partial charge on any atom is -0.481 e. The van der Waals surface area contributed by atoms with Gasteiger partial charge in [0, 0.05) is 15.6 Å². The van der Waals surface area contributed by atoms with E-state index in [2.05, 4.69) is 59.3 Å². The molecule has 6 nitrogen and oxygen atoms in total. The summed E-state index contributed by atoms with van der Waals surface area (Å²) in [6.07, 6.45) is -1.73. The van der Waals surface area contributed by atoms with E-state index in [1.807, 2.05) is 6.92 Å². The number of aliphatic carboxylic acids is 1. The van der Waals surface area contributed by atoms with E-state index in [1.165, 1.54) is 0 Å². The average molecular weight is 624 g/mol. The van der Waals surface area contributed by atoms with E-state index >= 15 is 0 Å². The number of carboxylic acids is 1. The molecule has 0 saturated heterocycles. The van der Waals surface area contributed by atoms with E-state index in [-0.39, 0.29) is 36.0 Å². The zero-order chi connectivity index (χ0) is 29.5. The van der Waals surface area contributed by atoms with Crippen LogP contribution in [-0.4, -0.2) is 35.8 Å². The smallest absolute Gasteiger partial charge is 0.416 e. The van der Waals surface area contributed by atoms with E-state index in [0.29, 0.717) is 18.6 Å². The molecule has 0 spiro atoms. The molecule has 2 aliphatic rings. The quantitative estimate of drug-likeness (QED) is 0.251. The largest absolute Gasteiger partial charge is 0.481 e. The fourth-order valence-corrected chi connectivity index (χ4v) is 7.08. The Morgan fingerprint density at radius 2 is 1.85 bits per heavy atom. The van der Waals surface area contributed by atoms with Crippen molar-refractivity contribution < 1.29 is 32.7 Å². The second-order valence-electron chi connectivity index (χ2n) is 11.5. The Bertz CT molecular complexity index is 1330. The number of nitrogens with one attached hydrogen (secondary N) is 1. The fraction of sp³-hybridized carbons (Fsp3) is 0.500. The zero-order valence-corrected chi connectivity index (χ0v) is 24.6. The third-order valence-corrected chi connectivity index (χ3v) is 9.32. The van der Waals surface area contributed by atoms with Gasteiger partial charge in [-0.25, -0.2) is 0 Å². The monoisotopic (exact) mass is 622 g/mol. The summed E-state index contributed by atoms with van der Waals surface area (Å²) in [6.45, 7) is 8.33. The molecule has 0 aliphatic heterocycles. The molecule has 40 heavy (non-hydrogen) atoms. The number of oxime groups is 1. The summed E-state index contributed by atoms with van der Waals surface area (Å²) >= 11 is 3.73. The van der Waals surface area contributed by atoms with Gasteiger partial charge in [0.25, 0.3) is 5.91 Å². The summed E-state index contributed by atoms with van der Waals surface area (Å²) in [4.78, 5) is 30.4. The predicted octanol–water partition coefficient (Wildman–Crippen LogP) is 7.29. The summed E-state index contributed by atoms with van der Waals surface area (Å²) in [6, 6.07) is 8.22. The lowest BCUT2D eigenvalue weighted by molar-refractivity contribution is -0.156. The molecular weight excluding hydrogens is 589 g/mol. The van der Waals surface area contributed by atoms with Gasteiger partial charge in [0.2, 0.25) is 0 Å². The second-order valence-corrected chi connectivity index (χ2v) is 12.4. The Balaban J connectivity index is 1.54. The molecule has 0 unspecified atom stereocenters. The molecule has 0 bridgehead atoms. The van der Waals surface area contributed by atoms with Gasteiger partial charge in [0.05, 0.1) is 23.2 Å². The van der Waals surface area contributed by atoms with Crippen LogP contribution in [0.2, 0.25) is 0 Å². The molecule has 0 aromatic heterocycles. The topological polar surface area (TPSA) is 88.0 Å². The first-order valence-electron chi connectivity index (χ1n) is 13.4. The first kappa shape index (κ1) is 30.1. The number of carbonyl (C=O) groups is 2. The van der Waals surface area contributed by atoms with Crippen LogP contribution in [0.3, 0.4) is 0 Å². The predicted molar refractivity (Wildman–Crippen MR) is 150 cm³/mol. The van der Waals surface area contributed by atoms with E-state index < -0.39 is 29.0 Å². The molecule has 2 aromatic carbocycles. The minimum atomic E-state index is -4.47. The minimum absolute atomic E-state index is 0.0386. The molecule has 3 atom stereocenters. The number of alkyl halides is 3. The lowest BCUT2D eigenvalue weighted by Gasteiger charge is -2.53. The molecule has 2 N–H and O–H groups in total. The maximum atomic E-state index is 12.8. The number of hydrogen-bond donors (Lipinski definition) is 2. The standard InChI is InChI=1S/C30H34BrF3N2O4/c1-17(2)20-14-21-22(15-23(20)31)28(3)10-5-11-29(4,27(38)39)25(28)16-24(21)36-40-13-12-35-26(37)18-6-8-19(9-7-18)30(32,33)34/h6-9,14-15,17,25H,5,10-13,16H2,1-4H3,(H,35,37)(H,38,39)/b36-24+/t25-,28-,29-/m1/s1. The first-order chi connectivity index (χ1) is 18.7. The van der Waals surface area contributed by atoms with Crippen molar-refractivity contribution >= 4 is 33.5 Å². The second kappa shape index (κ2) is 11.2. The highest BCUT2D eigenvalue weighted by atomic mass is 79.9. The van der Waals surface area contributed by atoms with Crippen LogP contribution in [0.15, 0.2) is 46.0 Å². The van der Waals surface area contributed by atoms with Crippen LogP contribution < -0.4 is 5.32 Å². The maximum Gasteiger partial charge on any atom is 0.416 e. The van der Waals surface area contributed by atoms with E-state index in [4.69, 9.17) is 4.84 Å². The Hall–Kier alpha value is -2.88. The van der Waals surface area contributed by atoms with Gasteiger partial charge >= 0.3 is 12.1 Å². The van der Waals surface area contributed by atoms with Crippen LogP contribution >= 0.6 is 15.9 Å². The van der Waals surface area contributed by atoms with Crippen molar-refractivity contribution in [1.29, 1.82) is 0 Å². The number of hydrogen-bond acceptors (Lipinski definition) is 4. The molecule has 0 heterocycles. The number of carbonyl (C=O) groups excluding carboxylic acids is 1. The number of carboxylic acid groups (broad SMARTS) is 1. The van der Waals surface area contributed by atoms with E-state index in [1.54, 1.807) is 0 Å². The van der Waals surface area contributed by atoms with Crippen molar-refractivity contribution in [3.05, 3.63) is 68.7 Å². The van der Waals surface area contributed by atoms with Crippen LogP contribution in [0.5, 0.6) is 0 Å². The highest BCUT2D eigenvalue weighted by molar-refractivity contribution is 9.10. The fourth-order valence-electron chi connectivity index (χ4n) is 6.28. The number of amides is 1. The molecule has 216 valence electrons. The van der Waals surface area contributed by atoms with Crippen LogP contribution in [0.25, 0.3) is 0 Å². The number of halogens is 4. The Morgan fingerprint density at radius 3 is 2.45 bits per heavy atom. The van der Waals surface area contributed by atoms with Crippen molar-refractivity contribution in [3.8, 4) is 0 Å². The molecule has 2 aliphatic carbocycles. The molecule has 1 amide bonds. The number of fused-ring (bicyclic) bond motifs is 3. The van der Waals surface area contributed by atoms with Gasteiger partial charge in [-0.1, -0.05) is 48.3 Å². The number of nitrogens with zero attached hydrogens (tertiary/aromatic N) is 1. The van der Waals surface area contributed by atoms with Crippen LogP contribution in [0, 0.1) is 11.3 Å². The Kier molecular flexibility index (Phi) is 8.41. The maximum absolute atomic E-state index is 12.8. The van der Waals surface area contributed by atoms with Crippen molar-refractivity contribution in [2.24, 2.45) is 16.5 Å². The van der Waals surface area contributed by atoms with Gasteiger partial charge in [-0.3, -0.25) is 9.59 Å². The summed E-state index contributed by atoms with van der Waals surface area (Å²) < 4.78 is 39.3. The number of rotatable bonds is 7. The van der Waals surface area contributed by atoms with Gasteiger partial charge in [-0.05, 0) is 91.0 Å². The van der Waals surface area contributed by atoms with Gasteiger partial charge in [0.1, 0.15) is 6.61 Å². The van der Waals surface area contributed by atoms with Crippen molar-refractivity contribution in [2.75, 3.05) is 13.2 Å². The average Bonchev–Trinajstić information content (AvgIpc) is 2.88. The molecule has 0 radical (unpaired) electrons. The first-order valence-corrected chi connectivity index (χ1v) is 14.2. The molecule has 4 rings (SSSR count). The molecule has 1 saturated carbocycles. The molecule has 10 heteroatoms. The third kappa shape index (κ3) is 5.64. The van der Waals surface area contributed by atoms with Gasteiger partial charge in [-0.15, -0.1) is 0 Å². The van der Waals surface area contributed by atoms with Crippen molar-refractivity contribution in [2.45, 2.75) is 70.9 Å². The summed E-state index contributed by atoms with van der Waals surface area (Å²) in [5.41, 5.74) is 1.84. The lowest BCUT2D eigenvalue weighted by atomic mass is 9.49. The highest BCUT2D eigenvalue weighted by Gasteiger charge is 2.56. The van der Waals surface area contributed by atoms with E-state index in [9.17, 15) is 27.9 Å². The van der Waals surface area contributed by atoms with Gasteiger partial charge in [-0.2, -0.15) is 13.2 Å². The Labute approximate surface area is 240 Å². The lowest BCUT2D eigenvalue weighted by Crippen LogP contribution is -2.53. The Morgan fingerprint density at radius 1 is 1.18 bits per heavy atom. The summed E-state index contributed by atoms with van der Waals surface area (Å²) in [5, 5.41) is 17.3. The zero-order valence-electron chi connectivity index (χ0n) is 23.0. The third-order valence-electron chi connectivity index (χ3n) is 8.63. The normalized spacial score (nSPS) is 25.3. The SMILES string of the molecule is CC(C)c1cc2c(cc1Br)[C@@]1(C)CCC[C@@](C)(C(=O)O)[C@@H]1C/C2=N\OCCNC(=O)c1ccc(C(F)(F)F)cc1. The van der Waals surface area contributed by atoms with Crippen LogP contribution in [0.4, 0.5) is 13.2 Å². The van der Waals surface area contributed by atoms with Crippen LogP contribution in [0.1, 0.15) is 91.9 Å². The molecule has 2 aromatic rings. The highest BCUT2D eigenvalue weighted by Crippen LogP contribution is 2.58. The van der Waals surface area contributed by atoms with E-state index in [0.717, 1.165) is 58.3 Å². The van der Waals surface area contributed by atoms with Gasteiger partial charge in [0.15, 0.2) is 0 Å². The summed E-state index contributed by atoms with van der Waals surface area (Å²) in [5.74, 6) is -1.26. The molecule has 1 fully saturated rings. The van der Waals surface area contributed by atoms with Crippen molar-refractivity contribution in [3.63, 3.8) is 0 Å².